The van der Waals surface area contributed by atoms with Gasteiger partial charge in [-0.25, -0.2) is 9.59 Å². The molecular formula is C30H57N2O4+. The number of carboxylic acid groups (broad SMARTS) is 2. The lowest BCUT2D eigenvalue weighted by Gasteiger charge is -2.51. The molecule has 1 rings (SSSR count). The zero-order valence-corrected chi connectivity index (χ0v) is 23.5. The lowest BCUT2D eigenvalue weighted by molar-refractivity contribution is -0.957. The topological polar surface area (TPSA) is 101 Å². The summed E-state index contributed by atoms with van der Waals surface area (Å²) in [7, 11) is 4.40. The van der Waals surface area contributed by atoms with Crippen LogP contribution in [0.15, 0.2) is 12.2 Å². The molecule has 1 aliphatic heterocycles. The molecule has 1 saturated heterocycles. The van der Waals surface area contributed by atoms with Gasteiger partial charge >= 0.3 is 11.9 Å². The minimum Gasteiger partial charge on any atom is -0.478 e. The van der Waals surface area contributed by atoms with E-state index in [1.807, 2.05) is 0 Å². The molecule has 0 saturated carbocycles. The molecule has 6 heteroatoms. The van der Waals surface area contributed by atoms with Gasteiger partial charge in [0.1, 0.15) is 0 Å². The molecule has 0 aromatic rings. The Bertz CT molecular complexity index is 634. The molecule has 0 spiro atoms. The van der Waals surface area contributed by atoms with E-state index in [4.69, 9.17) is 10.8 Å². The fourth-order valence-electron chi connectivity index (χ4n) is 6.26. The summed E-state index contributed by atoms with van der Waals surface area (Å²) in [6.07, 6.45) is 25.7. The predicted molar refractivity (Wildman–Crippen MR) is 149 cm³/mol. The van der Waals surface area contributed by atoms with Crippen molar-refractivity contribution < 1.29 is 24.3 Å². The molecule has 2 unspecified atom stereocenters. The SMILES string of the molecule is C[N+]1(C)C(CCCN)CCCCCCCCCCCC1(CCCCCCCCC=CC(=O)O)C(=O)O. The van der Waals surface area contributed by atoms with Gasteiger partial charge in [-0.1, -0.05) is 76.7 Å². The zero-order valence-electron chi connectivity index (χ0n) is 23.5. The smallest absolute Gasteiger partial charge is 0.365 e. The third-order valence-electron chi connectivity index (χ3n) is 8.75. The van der Waals surface area contributed by atoms with Gasteiger partial charge in [-0.3, -0.25) is 0 Å². The van der Waals surface area contributed by atoms with Crippen molar-refractivity contribution in [1.82, 2.24) is 0 Å². The van der Waals surface area contributed by atoms with E-state index >= 15 is 0 Å². The Morgan fingerprint density at radius 2 is 1.39 bits per heavy atom. The van der Waals surface area contributed by atoms with Crippen molar-refractivity contribution in [2.45, 2.75) is 146 Å². The Balaban J connectivity index is 2.83. The standard InChI is InChI=1S/C30H56N2O4/c1-32(2)27(22-20-26-31)21-16-12-8-4-3-6-10-14-18-24-30(32,29(35)36)25-19-15-11-7-5-9-13-17-23-28(33)34/h17,23,27H,3-16,18-22,24-26,31H2,1-2H3,(H-,33,34,35,36)/p+1. The number of hydrogen-bond acceptors (Lipinski definition) is 3. The molecule has 0 radical (unpaired) electrons. The van der Waals surface area contributed by atoms with Crippen LogP contribution in [-0.4, -0.2) is 58.9 Å². The maximum absolute atomic E-state index is 13.1. The van der Waals surface area contributed by atoms with Gasteiger partial charge in [0.25, 0.3) is 0 Å². The van der Waals surface area contributed by atoms with Gasteiger partial charge in [0.2, 0.25) is 0 Å². The number of rotatable bonds is 14. The van der Waals surface area contributed by atoms with E-state index in [2.05, 4.69) is 14.1 Å². The average molecular weight is 510 g/mol. The van der Waals surface area contributed by atoms with Crippen LogP contribution >= 0.6 is 0 Å². The number of allylic oxidation sites excluding steroid dienone is 1. The number of carbonyl (C=O) groups is 2. The highest BCUT2D eigenvalue weighted by Crippen LogP contribution is 2.39. The van der Waals surface area contributed by atoms with Crippen molar-refractivity contribution in [3.05, 3.63) is 12.2 Å². The Hall–Kier alpha value is -1.40. The van der Waals surface area contributed by atoms with E-state index in [0.717, 1.165) is 89.9 Å². The normalized spacial score (nSPS) is 24.4. The second kappa shape index (κ2) is 18.8. The average Bonchev–Trinajstić information content (AvgIpc) is 2.82. The summed E-state index contributed by atoms with van der Waals surface area (Å²) in [5, 5.41) is 19.4. The molecule has 1 heterocycles. The van der Waals surface area contributed by atoms with Gasteiger partial charge < -0.3 is 20.4 Å². The summed E-state index contributed by atoms with van der Waals surface area (Å²) in [5.74, 6) is -1.49. The Morgan fingerprint density at radius 1 is 0.833 bits per heavy atom. The Labute approximate surface area is 221 Å². The zero-order chi connectivity index (χ0) is 26.7. The van der Waals surface area contributed by atoms with Crippen LogP contribution in [0.4, 0.5) is 0 Å². The molecule has 210 valence electrons. The van der Waals surface area contributed by atoms with E-state index in [9.17, 15) is 14.7 Å². The lowest BCUT2D eigenvalue weighted by Crippen LogP contribution is -2.68. The first-order valence-corrected chi connectivity index (χ1v) is 14.9. The van der Waals surface area contributed by atoms with Crippen molar-refractivity contribution in [1.29, 1.82) is 0 Å². The number of likely N-dealkylation sites (N-methyl/N-ethyl adjacent to an activating group) is 1. The lowest BCUT2D eigenvalue weighted by atomic mass is 9.80. The van der Waals surface area contributed by atoms with Gasteiger partial charge in [-0.2, -0.15) is 0 Å². The quantitative estimate of drug-likeness (QED) is 0.132. The molecule has 36 heavy (non-hydrogen) atoms. The number of nitrogens with zero attached hydrogens (tertiary/aromatic N) is 1. The van der Waals surface area contributed by atoms with E-state index in [1.165, 1.54) is 51.0 Å². The van der Waals surface area contributed by atoms with E-state index in [1.54, 1.807) is 6.08 Å². The number of carboxylic acids is 2. The van der Waals surface area contributed by atoms with Gasteiger partial charge in [0.05, 0.1) is 20.1 Å². The molecule has 6 nitrogen and oxygen atoms in total. The monoisotopic (exact) mass is 509 g/mol. The maximum atomic E-state index is 13.1. The van der Waals surface area contributed by atoms with Crippen molar-refractivity contribution in [3.63, 3.8) is 0 Å². The van der Waals surface area contributed by atoms with Crippen LogP contribution < -0.4 is 5.73 Å². The van der Waals surface area contributed by atoms with Crippen molar-refractivity contribution in [3.8, 4) is 0 Å². The molecule has 1 aliphatic rings. The summed E-state index contributed by atoms with van der Waals surface area (Å²) in [6, 6.07) is 0.339. The summed E-state index contributed by atoms with van der Waals surface area (Å²) in [6.45, 7) is 0.669. The minimum absolute atomic E-state index is 0.339. The van der Waals surface area contributed by atoms with E-state index in [0.29, 0.717) is 17.1 Å². The van der Waals surface area contributed by atoms with Crippen LogP contribution in [0.5, 0.6) is 0 Å². The second-order valence-electron chi connectivity index (χ2n) is 11.6. The van der Waals surface area contributed by atoms with Crippen molar-refractivity contribution >= 4 is 11.9 Å². The number of unbranched alkanes of at least 4 members (excludes halogenated alkanes) is 6. The van der Waals surface area contributed by atoms with Gasteiger partial charge in [0.15, 0.2) is 5.54 Å². The predicted octanol–water partition coefficient (Wildman–Crippen LogP) is 7.06. The van der Waals surface area contributed by atoms with Crippen LogP contribution in [0, 0.1) is 0 Å². The van der Waals surface area contributed by atoms with Crippen LogP contribution in [0.3, 0.4) is 0 Å². The highest BCUT2D eigenvalue weighted by atomic mass is 16.4. The molecule has 2 atom stereocenters. The van der Waals surface area contributed by atoms with Crippen molar-refractivity contribution in [2.75, 3.05) is 20.6 Å². The molecule has 4 N–H and O–H groups in total. The van der Waals surface area contributed by atoms with Crippen LogP contribution in [0.2, 0.25) is 0 Å². The van der Waals surface area contributed by atoms with Crippen LogP contribution in [0.25, 0.3) is 0 Å². The fourth-order valence-corrected chi connectivity index (χ4v) is 6.26. The second-order valence-corrected chi connectivity index (χ2v) is 11.6. The van der Waals surface area contributed by atoms with Gasteiger partial charge in [0, 0.05) is 25.3 Å². The number of quaternary nitrogens is 1. The minimum atomic E-state index is -0.883. The van der Waals surface area contributed by atoms with Gasteiger partial charge in [-0.15, -0.1) is 0 Å². The first-order chi connectivity index (χ1) is 17.3. The number of nitrogens with two attached hydrogens (primary N) is 1. The van der Waals surface area contributed by atoms with Crippen LogP contribution in [-0.2, 0) is 9.59 Å². The Morgan fingerprint density at radius 3 is 1.97 bits per heavy atom. The third-order valence-corrected chi connectivity index (χ3v) is 8.75. The van der Waals surface area contributed by atoms with Crippen LogP contribution in [0.1, 0.15) is 135 Å². The Kier molecular flexibility index (Phi) is 17.0. The molecule has 0 bridgehead atoms. The highest BCUT2D eigenvalue weighted by Gasteiger charge is 2.54. The first kappa shape index (κ1) is 32.6. The summed E-state index contributed by atoms with van der Waals surface area (Å²) < 4.78 is 0.582. The first-order valence-electron chi connectivity index (χ1n) is 14.9. The molecule has 0 aliphatic carbocycles. The summed E-state index contributed by atoms with van der Waals surface area (Å²) in [4.78, 5) is 23.6. The molecule has 0 aromatic heterocycles. The third kappa shape index (κ3) is 11.8. The molecule has 0 amide bonds. The summed E-state index contributed by atoms with van der Waals surface area (Å²) >= 11 is 0. The highest BCUT2D eigenvalue weighted by molar-refractivity contribution is 5.79. The molecule has 1 fully saturated rings. The van der Waals surface area contributed by atoms with E-state index < -0.39 is 17.5 Å². The largest absolute Gasteiger partial charge is 0.478 e. The molecular weight excluding hydrogens is 452 g/mol. The van der Waals surface area contributed by atoms with Crippen molar-refractivity contribution in [2.24, 2.45) is 5.73 Å². The van der Waals surface area contributed by atoms with E-state index in [-0.39, 0.29) is 0 Å². The number of hydrogen-bond donors (Lipinski definition) is 3. The summed E-state index contributed by atoms with van der Waals surface area (Å²) in [5.41, 5.74) is 5.17. The molecule has 0 aromatic carbocycles. The van der Waals surface area contributed by atoms with Gasteiger partial charge in [-0.05, 0) is 51.5 Å². The number of aliphatic carboxylic acids is 2. The fraction of sp³-hybridized carbons (Fsp3) is 0.867. The maximum Gasteiger partial charge on any atom is 0.365 e.